The maximum Gasteiger partial charge on any atom is 0.240 e. The van der Waals surface area contributed by atoms with E-state index < -0.39 is 10.0 Å². The number of ether oxygens (including phenoxy) is 1. The van der Waals surface area contributed by atoms with Gasteiger partial charge in [0, 0.05) is 18.2 Å². The van der Waals surface area contributed by atoms with E-state index in [-0.39, 0.29) is 18.0 Å². The Morgan fingerprint density at radius 1 is 0.962 bits per heavy atom. The highest BCUT2D eigenvalue weighted by Gasteiger charge is 2.13. The molecule has 0 spiro atoms. The summed E-state index contributed by atoms with van der Waals surface area (Å²) in [7, 11) is -3.55. The van der Waals surface area contributed by atoms with Gasteiger partial charge >= 0.3 is 0 Å². The average molecular weight is 369 g/mol. The Balaban J connectivity index is 1.52. The monoisotopic (exact) mass is 369 g/mol. The molecule has 0 atom stereocenters. The van der Waals surface area contributed by atoms with Gasteiger partial charge in [-0.1, -0.05) is 42.5 Å². The summed E-state index contributed by atoms with van der Waals surface area (Å²) in [5, 5.41) is 8.13. The SMILES string of the molecule is Cc1cccc(S(=O)(=O)NCCOc2ccc(-c3ccccc3)nn2)c1. The second-order valence-corrected chi connectivity index (χ2v) is 7.45. The topological polar surface area (TPSA) is 81.2 Å². The van der Waals surface area contributed by atoms with Gasteiger partial charge in [-0.2, -0.15) is 0 Å². The maximum absolute atomic E-state index is 12.2. The van der Waals surface area contributed by atoms with Crippen molar-refractivity contribution in [3.63, 3.8) is 0 Å². The van der Waals surface area contributed by atoms with Gasteiger partial charge in [0.2, 0.25) is 15.9 Å². The molecule has 3 rings (SSSR count). The number of nitrogens with zero attached hydrogens (tertiary/aromatic N) is 2. The lowest BCUT2D eigenvalue weighted by atomic mass is 10.1. The van der Waals surface area contributed by atoms with Gasteiger partial charge in [-0.15, -0.1) is 10.2 Å². The van der Waals surface area contributed by atoms with E-state index in [4.69, 9.17) is 4.74 Å². The number of aromatic nitrogens is 2. The zero-order valence-electron chi connectivity index (χ0n) is 14.3. The van der Waals surface area contributed by atoms with Gasteiger partial charge in [0.05, 0.1) is 10.6 Å². The Hall–Kier alpha value is -2.77. The van der Waals surface area contributed by atoms with E-state index >= 15 is 0 Å². The summed E-state index contributed by atoms with van der Waals surface area (Å²) >= 11 is 0. The Kier molecular flexibility index (Phi) is 5.60. The molecule has 0 saturated heterocycles. The predicted octanol–water partition coefficient (Wildman–Crippen LogP) is 2.81. The van der Waals surface area contributed by atoms with Gasteiger partial charge in [-0.05, 0) is 30.7 Å². The Labute approximate surface area is 152 Å². The van der Waals surface area contributed by atoms with Crippen molar-refractivity contribution in [3.05, 3.63) is 72.3 Å². The fourth-order valence-electron chi connectivity index (χ4n) is 2.36. The third-order valence-electron chi connectivity index (χ3n) is 3.65. The Bertz CT molecular complexity index is 959. The van der Waals surface area contributed by atoms with Crippen molar-refractivity contribution in [3.8, 4) is 17.1 Å². The largest absolute Gasteiger partial charge is 0.475 e. The minimum absolute atomic E-state index is 0.137. The molecule has 134 valence electrons. The second kappa shape index (κ2) is 8.07. The molecule has 0 aliphatic rings. The smallest absolute Gasteiger partial charge is 0.240 e. The molecule has 26 heavy (non-hydrogen) atoms. The van der Waals surface area contributed by atoms with Crippen LogP contribution in [0.2, 0.25) is 0 Å². The van der Waals surface area contributed by atoms with Crippen LogP contribution in [0.3, 0.4) is 0 Å². The lowest BCUT2D eigenvalue weighted by Gasteiger charge is -2.08. The molecular formula is C19H19N3O3S. The van der Waals surface area contributed by atoms with Crippen LogP contribution in [-0.4, -0.2) is 31.8 Å². The van der Waals surface area contributed by atoms with E-state index in [9.17, 15) is 8.42 Å². The molecule has 0 fully saturated rings. The van der Waals surface area contributed by atoms with Gasteiger partial charge in [0.1, 0.15) is 6.61 Å². The van der Waals surface area contributed by atoms with Crippen molar-refractivity contribution >= 4 is 10.0 Å². The van der Waals surface area contributed by atoms with Gasteiger partial charge < -0.3 is 4.74 Å². The fraction of sp³-hybridized carbons (Fsp3) is 0.158. The third-order valence-corrected chi connectivity index (χ3v) is 5.11. The van der Waals surface area contributed by atoms with E-state index in [0.717, 1.165) is 16.8 Å². The van der Waals surface area contributed by atoms with Crippen molar-refractivity contribution in [2.75, 3.05) is 13.2 Å². The molecule has 6 nitrogen and oxygen atoms in total. The first-order valence-corrected chi connectivity index (χ1v) is 9.61. The lowest BCUT2D eigenvalue weighted by Crippen LogP contribution is -2.28. The highest BCUT2D eigenvalue weighted by atomic mass is 32.2. The molecule has 0 aliphatic carbocycles. The summed E-state index contributed by atoms with van der Waals surface area (Å²) in [5.74, 6) is 0.347. The number of benzene rings is 2. The van der Waals surface area contributed by atoms with Gasteiger partial charge in [-0.3, -0.25) is 0 Å². The lowest BCUT2D eigenvalue weighted by molar-refractivity contribution is 0.307. The van der Waals surface area contributed by atoms with Gasteiger partial charge in [0.25, 0.3) is 0 Å². The molecule has 1 aromatic heterocycles. The molecule has 0 bridgehead atoms. The first-order chi connectivity index (χ1) is 12.5. The summed E-state index contributed by atoms with van der Waals surface area (Å²) in [5.41, 5.74) is 2.61. The van der Waals surface area contributed by atoms with E-state index in [1.807, 2.05) is 49.4 Å². The van der Waals surface area contributed by atoms with Gasteiger partial charge in [0.15, 0.2) is 0 Å². The summed E-state index contributed by atoms with van der Waals surface area (Å²) in [6.07, 6.45) is 0. The van der Waals surface area contributed by atoms with Crippen LogP contribution in [0, 0.1) is 6.92 Å². The summed E-state index contributed by atoms with van der Waals surface area (Å²) in [6, 6.07) is 20.0. The van der Waals surface area contributed by atoms with Crippen LogP contribution in [0.5, 0.6) is 5.88 Å². The molecule has 1 N–H and O–H groups in total. The van der Waals surface area contributed by atoms with Crippen molar-refractivity contribution in [1.82, 2.24) is 14.9 Å². The molecule has 2 aromatic carbocycles. The standard InChI is InChI=1S/C19H19N3O3S/c1-15-6-5-9-17(14-15)26(23,24)20-12-13-25-19-11-10-18(21-22-19)16-7-3-2-4-8-16/h2-11,14,20H,12-13H2,1H3. The average Bonchev–Trinajstić information content (AvgIpc) is 2.66. The third kappa shape index (κ3) is 4.65. The molecular weight excluding hydrogens is 350 g/mol. The molecule has 0 radical (unpaired) electrons. The molecule has 0 amide bonds. The number of nitrogens with one attached hydrogen (secondary N) is 1. The Morgan fingerprint density at radius 2 is 1.77 bits per heavy atom. The zero-order chi connectivity index (χ0) is 18.4. The normalized spacial score (nSPS) is 11.3. The highest BCUT2D eigenvalue weighted by Crippen LogP contribution is 2.17. The van der Waals surface area contributed by atoms with Crippen LogP contribution in [0.1, 0.15) is 5.56 Å². The molecule has 3 aromatic rings. The van der Waals surface area contributed by atoms with Crippen molar-refractivity contribution in [2.45, 2.75) is 11.8 Å². The zero-order valence-corrected chi connectivity index (χ0v) is 15.1. The van der Waals surface area contributed by atoms with Gasteiger partial charge in [-0.25, -0.2) is 13.1 Å². The van der Waals surface area contributed by atoms with E-state index in [0.29, 0.717) is 5.88 Å². The minimum atomic E-state index is -3.55. The van der Waals surface area contributed by atoms with Crippen LogP contribution in [0.15, 0.2) is 71.6 Å². The van der Waals surface area contributed by atoms with E-state index in [1.165, 1.54) is 0 Å². The first kappa shape index (κ1) is 18.0. The van der Waals surface area contributed by atoms with Crippen molar-refractivity contribution in [1.29, 1.82) is 0 Å². The fourth-order valence-corrected chi connectivity index (χ4v) is 3.47. The summed E-state index contributed by atoms with van der Waals surface area (Å²) < 4.78 is 32.4. The van der Waals surface area contributed by atoms with Crippen LogP contribution >= 0.6 is 0 Å². The maximum atomic E-state index is 12.2. The van der Waals surface area contributed by atoms with Crippen molar-refractivity contribution in [2.24, 2.45) is 0 Å². The summed E-state index contributed by atoms with van der Waals surface area (Å²) in [4.78, 5) is 0.240. The van der Waals surface area contributed by atoms with Crippen molar-refractivity contribution < 1.29 is 13.2 Å². The van der Waals surface area contributed by atoms with Crippen LogP contribution < -0.4 is 9.46 Å². The van der Waals surface area contributed by atoms with Crippen LogP contribution in [-0.2, 0) is 10.0 Å². The number of sulfonamides is 1. The number of aryl methyl sites for hydroxylation is 1. The van der Waals surface area contributed by atoms with E-state index in [2.05, 4.69) is 14.9 Å². The quantitative estimate of drug-likeness (QED) is 0.648. The number of hydrogen-bond donors (Lipinski definition) is 1. The number of hydrogen-bond acceptors (Lipinski definition) is 5. The summed E-state index contributed by atoms with van der Waals surface area (Å²) in [6.45, 7) is 2.14. The molecule has 0 aliphatic heterocycles. The minimum Gasteiger partial charge on any atom is -0.475 e. The highest BCUT2D eigenvalue weighted by molar-refractivity contribution is 7.89. The van der Waals surface area contributed by atoms with E-state index in [1.54, 1.807) is 24.3 Å². The second-order valence-electron chi connectivity index (χ2n) is 5.69. The molecule has 1 heterocycles. The predicted molar refractivity (Wildman–Crippen MR) is 99.3 cm³/mol. The first-order valence-electron chi connectivity index (χ1n) is 8.13. The number of rotatable bonds is 7. The van der Waals surface area contributed by atoms with Crippen LogP contribution in [0.4, 0.5) is 0 Å². The molecule has 0 saturated carbocycles. The molecule has 7 heteroatoms. The Morgan fingerprint density at radius 3 is 2.46 bits per heavy atom. The van der Waals surface area contributed by atoms with Crippen LogP contribution in [0.25, 0.3) is 11.3 Å². The molecule has 0 unspecified atom stereocenters.